The molecule has 1 N–H and O–H groups in total. The highest BCUT2D eigenvalue weighted by atomic mass is 35.5. The topological polar surface area (TPSA) is 64.6 Å². The van der Waals surface area contributed by atoms with E-state index in [1.165, 1.54) is 26.2 Å². The summed E-state index contributed by atoms with van der Waals surface area (Å²) in [6, 6.07) is 10.6. The van der Waals surface area contributed by atoms with E-state index in [9.17, 15) is 14.0 Å². The molecule has 7 heteroatoms. The Hall–Kier alpha value is -2.60. The Bertz CT molecular complexity index is 781. The standard InChI is InChI=1S/C18H17ClFNO4/c1-11(18(23)21-16-7-6-13(20)10-15(16)19)25-17(22)9-12-4-3-5-14(8-12)24-2/h3-8,10-11H,9H2,1-2H3,(H,21,23)/t11-/m0/s1. The van der Waals surface area contributed by atoms with E-state index >= 15 is 0 Å². The average molecular weight is 366 g/mol. The Kier molecular flexibility index (Phi) is 6.36. The predicted molar refractivity (Wildman–Crippen MR) is 92.3 cm³/mol. The molecule has 0 fully saturated rings. The molecule has 0 aliphatic heterocycles. The molecule has 0 saturated heterocycles. The molecule has 0 heterocycles. The van der Waals surface area contributed by atoms with Gasteiger partial charge in [-0.15, -0.1) is 0 Å². The van der Waals surface area contributed by atoms with Crippen LogP contribution in [0.4, 0.5) is 10.1 Å². The van der Waals surface area contributed by atoms with Gasteiger partial charge >= 0.3 is 5.97 Å². The smallest absolute Gasteiger partial charge is 0.311 e. The Balaban J connectivity index is 1.92. The fraction of sp³-hybridized carbons (Fsp3) is 0.222. The van der Waals surface area contributed by atoms with Crippen molar-refractivity contribution in [2.45, 2.75) is 19.4 Å². The first kappa shape index (κ1) is 18.7. The van der Waals surface area contributed by atoms with Gasteiger partial charge in [-0.1, -0.05) is 23.7 Å². The van der Waals surface area contributed by atoms with Crippen LogP contribution < -0.4 is 10.1 Å². The minimum absolute atomic E-state index is 0.00608. The molecular formula is C18H17ClFNO4. The van der Waals surface area contributed by atoms with Gasteiger partial charge in [0.05, 0.1) is 24.2 Å². The summed E-state index contributed by atoms with van der Waals surface area (Å²) in [7, 11) is 1.53. The normalized spacial score (nSPS) is 11.5. The lowest BCUT2D eigenvalue weighted by Crippen LogP contribution is -2.30. The molecule has 0 saturated carbocycles. The van der Waals surface area contributed by atoms with Crippen molar-refractivity contribution in [1.29, 1.82) is 0 Å². The number of carbonyl (C=O) groups excluding carboxylic acids is 2. The molecule has 0 radical (unpaired) electrons. The van der Waals surface area contributed by atoms with E-state index in [1.807, 2.05) is 0 Å². The molecule has 0 aromatic heterocycles. The van der Waals surface area contributed by atoms with E-state index in [4.69, 9.17) is 21.1 Å². The molecule has 132 valence electrons. The predicted octanol–water partition coefficient (Wildman–Crippen LogP) is 3.60. The quantitative estimate of drug-likeness (QED) is 0.794. The second-order valence-corrected chi connectivity index (χ2v) is 5.68. The van der Waals surface area contributed by atoms with Crippen molar-refractivity contribution in [2.24, 2.45) is 0 Å². The first-order valence-electron chi connectivity index (χ1n) is 7.47. The van der Waals surface area contributed by atoms with Gasteiger partial charge in [0.2, 0.25) is 0 Å². The Labute approximate surface area is 149 Å². The second kappa shape index (κ2) is 8.48. The molecule has 0 spiro atoms. The summed E-state index contributed by atoms with van der Waals surface area (Å²) >= 11 is 5.85. The Morgan fingerprint density at radius 3 is 2.68 bits per heavy atom. The molecule has 2 aromatic rings. The number of benzene rings is 2. The molecule has 1 atom stereocenters. The molecule has 0 bridgehead atoms. The number of esters is 1. The van der Waals surface area contributed by atoms with Crippen molar-refractivity contribution in [3.63, 3.8) is 0 Å². The summed E-state index contributed by atoms with van der Waals surface area (Å²) in [5.41, 5.74) is 0.947. The molecule has 0 aliphatic rings. The Morgan fingerprint density at radius 1 is 1.24 bits per heavy atom. The zero-order valence-electron chi connectivity index (χ0n) is 13.7. The van der Waals surface area contributed by atoms with Crippen molar-refractivity contribution >= 4 is 29.2 Å². The third-order valence-corrected chi connectivity index (χ3v) is 3.66. The lowest BCUT2D eigenvalue weighted by atomic mass is 10.1. The molecule has 0 unspecified atom stereocenters. The van der Waals surface area contributed by atoms with E-state index in [0.717, 1.165) is 6.07 Å². The van der Waals surface area contributed by atoms with E-state index in [1.54, 1.807) is 24.3 Å². The summed E-state index contributed by atoms with van der Waals surface area (Å²) in [5, 5.41) is 2.55. The first-order chi connectivity index (χ1) is 11.9. The third-order valence-electron chi connectivity index (χ3n) is 3.35. The maximum atomic E-state index is 13.0. The number of rotatable bonds is 6. The van der Waals surface area contributed by atoms with Crippen LogP contribution in [0.5, 0.6) is 5.75 Å². The van der Waals surface area contributed by atoms with Gasteiger partial charge in [-0.25, -0.2) is 4.39 Å². The minimum Gasteiger partial charge on any atom is -0.497 e. The minimum atomic E-state index is -1.03. The number of carbonyl (C=O) groups is 2. The van der Waals surface area contributed by atoms with Crippen LogP contribution in [0, 0.1) is 5.82 Å². The van der Waals surface area contributed by atoms with Gasteiger partial charge < -0.3 is 14.8 Å². The van der Waals surface area contributed by atoms with Crippen LogP contribution in [-0.4, -0.2) is 25.1 Å². The lowest BCUT2D eigenvalue weighted by molar-refractivity contribution is -0.152. The number of halogens is 2. The number of anilines is 1. The maximum Gasteiger partial charge on any atom is 0.311 e. The van der Waals surface area contributed by atoms with Crippen LogP contribution in [0.15, 0.2) is 42.5 Å². The van der Waals surface area contributed by atoms with E-state index < -0.39 is 23.8 Å². The largest absolute Gasteiger partial charge is 0.497 e. The average Bonchev–Trinajstić information content (AvgIpc) is 2.57. The van der Waals surface area contributed by atoms with Crippen LogP contribution in [0.1, 0.15) is 12.5 Å². The lowest BCUT2D eigenvalue weighted by Gasteiger charge is -2.14. The van der Waals surface area contributed by atoms with Crippen molar-refractivity contribution in [3.05, 3.63) is 58.9 Å². The second-order valence-electron chi connectivity index (χ2n) is 5.27. The maximum absolute atomic E-state index is 13.0. The van der Waals surface area contributed by atoms with Crippen molar-refractivity contribution in [3.8, 4) is 5.75 Å². The number of hydrogen-bond donors (Lipinski definition) is 1. The van der Waals surface area contributed by atoms with Gasteiger partial charge in [0.1, 0.15) is 11.6 Å². The van der Waals surface area contributed by atoms with Crippen LogP contribution in [0.2, 0.25) is 5.02 Å². The number of methoxy groups -OCH3 is 1. The summed E-state index contributed by atoms with van der Waals surface area (Å²) in [4.78, 5) is 24.0. The SMILES string of the molecule is COc1cccc(CC(=O)O[C@@H](C)C(=O)Nc2ccc(F)cc2Cl)c1. The van der Waals surface area contributed by atoms with Crippen LogP contribution >= 0.6 is 11.6 Å². The fourth-order valence-electron chi connectivity index (χ4n) is 2.07. The van der Waals surface area contributed by atoms with Crippen LogP contribution in [0.3, 0.4) is 0 Å². The summed E-state index contributed by atoms with van der Waals surface area (Å²) < 4.78 is 23.2. The molecular weight excluding hydrogens is 349 g/mol. The van der Waals surface area contributed by atoms with Gasteiger partial charge in [-0.2, -0.15) is 0 Å². The highest BCUT2D eigenvalue weighted by Gasteiger charge is 2.19. The van der Waals surface area contributed by atoms with Gasteiger partial charge in [0.15, 0.2) is 6.10 Å². The number of hydrogen-bond acceptors (Lipinski definition) is 4. The van der Waals surface area contributed by atoms with Gasteiger partial charge in [-0.05, 0) is 42.8 Å². The highest BCUT2D eigenvalue weighted by Crippen LogP contribution is 2.22. The highest BCUT2D eigenvalue weighted by molar-refractivity contribution is 6.33. The first-order valence-corrected chi connectivity index (χ1v) is 7.85. The van der Waals surface area contributed by atoms with Crippen molar-refractivity contribution < 1.29 is 23.5 Å². The van der Waals surface area contributed by atoms with E-state index in [2.05, 4.69) is 5.32 Å². The zero-order valence-corrected chi connectivity index (χ0v) is 14.5. The number of nitrogens with one attached hydrogen (secondary N) is 1. The zero-order chi connectivity index (χ0) is 18.4. The molecule has 1 amide bonds. The Morgan fingerprint density at radius 2 is 2.00 bits per heavy atom. The van der Waals surface area contributed by atoms with Gasteiger partial charge in [-0.3, -0.25) is 9.59 Å². The molecule has 2 aromatic carbocycles. The van der Waals surface area contributed by atoms with Crippen LogP contribution in [-0.2, 0) is 20.7 Å². The summed E-state index contributed by atoms with van der Waals surface area (Å²) in [6.45, 7) is 1.44. The molecule has 2 rings (SSSR count). The van der Waals surface area contributed by atoms with Gasteiger partial charge in [0.25, 0.3) is 5.91 Å². The molecule has 0 aliphatic carbocycles. The fourth-order valence-corrected chi connectivity index (χ4v) is 2.28. The third kappa shape index (κ3) is 5.46. The number of ether oxygens (including phenoxy) is 2. The monoisotopic (exact) mass is 365 g/mol. The summed E-state index contributed by atoms with van der Waals surface area (Å²) in [6.07, 6.45) is -1.02. The summed E-state index contributed by atoms with van der Waals surface area (Å²) in [5.74, 6) is -1.00. The molecule has 5 nitrogen and oxygen atoms in total. The molecule has 25 heavy (non-hydrogen) atoms. The van der Waals surface area contributed by atoms with E-state index in [0.29, 0.717) is 11.3 Å². The number of amides is 1. The van der Waals surface area contributed by atoms with Gasteiger partial charge in [0, 0.05) is 0 Å². The van der Waals surface area contributed by atoms with Crippen molar-refractivity contribution in [2.75, 3.05) is 12.4 Å². The van der Waals surface area contributed by atoms with E-state index in [-0.39, 0.29) is 17.1 Å². The van der Waals surface area contributed by atoms with Crippen LogP contribution in [0.25, 0.3) is 0 Å². The van der Waals surface area contributed by atoms with Crippen molar-refractivity contribution in [1.82, 2.24) is 0 Å².